The molecule has 0 aliphatic heterocycles. The minimum Gasteiger partial charge on any atom is -0.505 e. The Morgan fingerprint density at radius 3 is 2.62 bits per heavy atom. The van der Waals surface area contributed by atoms with E-state index in [9.17, 15) is 13.9 Å². The van der Waals surface area contributed by atoms with E-state index in [-0.39, 0.29) is 16.7 Å². The molecule has 2 nitrogen and oxygen atoms in total. The molecule has 0 radical (unpaired) electrons. The van der Waals surface area contributed by atoms with Gasteiger partial charge in [0.05, 0.1) is 17.1 Å². The number of nitrogens with zero attached hydrogens (tertiary/aromatic N) is 1. The van der Waals surface area contributed by atoms with Crippen LogP contribution < -0.4 is 0 Å². The van der Waals surface area contributed by atoms with E-state index < -0.39 is 17.7 Å². The van der Waals surface area contributed by atoms with Crippen molar-refractivity contribution in [3.63, 3.8) is 0 Å². The van der Waals surface area contributed by atoms with Crippen LogP contribution in [0.4, 0.5) is 8.78 Å². The highest BCUT2D eigenvalue weighted by molar-refractivity contribution is 6.29. The van der Waals surface area contributed by atoms with Gasteiger partial charge in [-0.1, -0.05) is 11.6 Å². The summed E-state index contributed by atoms with van der Waals surface area (Å²) in [6, 6.07) is 0.914. The zero-order valence-electron chi connectivity index (χ0n) is 6.27. The first kappa shape index (κ1) is 10.5. The molecule has 0 amide bonds. The summed E-state index contributed by atoms with van der Waals surface area (Å²) in [5, 5.41) is 9.09. The van der Waals surface area contributed by atoms with Crippen molar-refractivity contribution in [2.45, 2.75) is 12.3 Å². The van der Waals surface area contributed by atoms with Crippen LogP contribution in [0.1, 0.15) is 17.7 Å². The molecule has 1 aromatic heterocycles. The van der Waals surface area contributed by atoms with E-state index in [2.05, 4.69) is 4.98 Å². The van der Waals surface area contributed by atoms with Crippen LogP contribution in [-0.4, -0.2) is 10.1 Å². The SMILES string of the molecule is Oc1c(C(F)F)cc(Cl)nc1CCl. The second-order valence-electron chi connectivity index (χ2n) is 2.26. The lowest BCUT2D eigenvalue weighted by Gasteiger charge is -2.06. The second kappa shape index (κ2) is 4.07. The fourth-order valence-corrected chi connectivity index (χ4v) is 1.24. The van der Waals surface area contributed by atoms with Crippen molar-refractivity contribution >= 4 is 23.2 Å². The van der Waals surface area contributed by atoms with Crippen LogP contribution in [0.2, 0.25) is 5.15 Å². The van der Waals surface area contributed by atoms with E-state index in [1.807, 2.05) is 0 Å². The summed E-state index contributed by atoms with van der Waals surface area (Å²) in [5.74, 6) is -0.749. The van der Waals surface area contributed by atoms with Crippen molar-refractivity contribution in [2.24, 2.45) is 0 Å². The number of pyridine rings is 1. The molecule has 0 aromatic carbocycles. The number of hydrogen-bond acceptors (Lipinski definition) is 2. The molecule has 1 aromatic rings. The Balaban J connectivity index is 3.27. The monoisotopic (exact) mass is 227 g/mol. The van der Waals surface area contributed by atoms with Crippen molar-refractivity contribution in [3.8, 4) is 5.75 Å². The molecule has 0 aliphatic carbocycles. The molecule has 0 spiro atoms. The Labute approximate surface area is 83.1 Å². The highest BCUT2D eigenvalue weighted by atomic mass is 35.5. The van der Waals surface area contributed by atoms with Crippen LogP contribution in [0, 0.1) is 0 Å². The number of aromatic nitrogens is 1. The topological polar surface area (TPSA) is 33.1 Å². The third-order valence-corrected chi connectivity index (χ3v) is 1.87. The van der Waals surface area contributed by atoms with E-state index in [4.69, 9.17) is 23.2 Å². The zero-order valence-corrected chi connectivity index (χ0v) is 7.78. The maximum Gasteiger partial charge on any atom is 0.267 e. The molecule has 0 fully saturated rings. The predicted octanol–water partition coefficient (Wildman–Crippen LogP) is 3.12. The van der Waals surface area contributed by atoms with Crippen LogP contribution in [0.15, 0.2) is 6.07 Å². The third kappa shape index (κ3) is 2.19. The molecule has 0 saturated heterocycles. The molecule has 0 unspecified atom stereocenters. The predicted molar refractivity (Wildman–Crippen MR) is 45.4 cm³/mol. The number of alkyl halides is 3. The van der Waals surface area contributed by atoms with Gasteiger partial charge in [0.1, 0.15) is 10.9 Å². The fourth-order valence-electron chi connectivity index (χ4n) is 0.837. The van der Waals surface area contributed by atoms with E-state index >= 15 is 0 Å². The van der Waals surface area contributed by atoms with Gasteiger partial charge >= 0.3 is 0 Å². The summed E-state index contributed by atoms with van der Waals surface area (Å²) in [4.78, 5) is 3.58. The van der Waals surface area contributed by atoms with Crippen molar-refractivity contribution in [1.29, 1.82) is 0 Å². The lowest BCUT2D eigenvalue weighted by Crippen LogP contribution is -1.94. The van der Waals surface area contributed by atoms with Crippen molar-refractivity contribution in [2.75, 3.05) is 0 Å². The molecule has 72 valence electrons. The van der Waals surface area contributed by atoms with Gasteiger partial charge < -0.3 is 5.11 Å². The van der Waals surface area contributed by atoms with Crippen LogP contribution in [0.5, 0.6) is 5.75 Å². The van der Waals surface area contributed by atoms with Crippen LogP contribution >= 0.6 is 23.2 Å². The van der Waals surface area contributed by atoms with Gasteiger partial charge in [-0.3, -0.25) is 0 Å². The standard InChI is InChI=1S/C7H5Cl2F2NO/c8-2-4-6(13)3(7(10)11)1-5(9)12-4/h1,7,13H,2H2. The van der Waals surface area contributed by atoms with Gasteiger partial charge in [0.25, 0.3) is 6.43 Å². The molecule has 0 saturated carbocycles. The Morgan fingerprint density at radius 2 is 2.15 bits per heavy atom. The summed E-state index contributed by atoms with van der Waals surface area (Å²) < 4.78 is 24.5. The lowest BCUT2D eigenvalue weighted by atomic mass is 10.2. The van der Waals surface area contributed by atoms with Gasteiger partial charge in [-0.05, 0) is 6.07 Å². The molecule has 0 bridgehead atoms. The highest BCUT2D eigenvalue weighted by Gasteiger charge is 2.17. The van der Waals surface area contributed by atoms with Crippen LogP contribution in [0.3, 0.4) is 0 Å². The van der Waals surface area contributed by atoms with E-state index in [0.29, 0.717) is 0 Å². The molecule has 1 rings (SSSR count). The summed E-state index contributed by atoms with van der Waals surface area (Å²) >= 11 is 10.8. The zero-order chi connectivity index (χ0) is 10.0. The van der Waals surface area contributed by atoms with Crippen molar-refractivity contribution in [1.82, 2.24) is 4.98 Å². The third-order valence-electron chi connectivity index (χ3n) is 1.42. The summed E-state index contributed by atoms with van der Waals surface area (Å²) in [6.07, 6.45) is -2.79. The first-order valence-corrected chi connectivity index (χ1v) is 4.20. The summed E-state index contributed by atoms with van der Waals surface area (Å²) in [5.41, 5.74) is -0.583. The van der Waals surface area contributed by atoms with Crippen LogP contribution in [0.25, 0.3) is 0 Å². The molecule has 13 heavy (non-hydrogen) atoms. The molecule has 1 N–H and O–H groups in total. The van der Waals surface area contributed by atoms with Crippen molar-refractivity contribution < 1.29 is 13.9 Å². The fraction of sp³-hybridized carbons (Fsp3) is 0.286. The molecule has 6 heteroatoms. The van der Waals surface area contributed by atoms with Gasteiger partial charge in [-0.15, -0.1) is 11.6 Å². The number of hydrogen-bond donors (Lipinski definition) is 1. The second-order valence-corrected chi connectivity index (χ2v) is 2.92. The Kier molecular flexibility index (Phi) is 3.27. The Morgan fingerprint density at radius 1 is 1.54 bits per heavy atom. The number of rotatable bonds is 2. The highest BCUT2D eigenvalue weighted by Crippen LogP contribution is 2.32. The Hall–Kier alpha value is -0.610. The summed E-state index contributed by atoms with van der Waals surface area (Å²) in [7, 11) is 0. The van der Waals surface area contributed by atoms with E-state index in [0.717, 1.165) is 6.07 Å². The average molecular weight is 228 g/mol. The minimum atomic E-state index is -2.79. The van der Waals surface area contributed by atoms with Gasteiger partial charge in [0, 0.05) is 0 Å². The minimum absolute atomic E-state index is 0.0375. The molecule has 0 atom stereocenters. The first-order chi connectivity index (χ1) is 6.06. The number of halogens is 4. The maximum absolute atomic E-state index is 12.2. The Bertz CT molecular complexity index is 320. The average Bonchev–Trinajstić information content (AvgIpc) is 2.08. The quantitative estimate of drug-likeness (QED) is 0.623. The first-order valence-electron chi connectivity index (χ1n) is 3.28. The van der Waals surface area contributed by atoms with Gasteiger partial charge in [0.15, 0.2) is 0 Å². The maximum atomic E-state index is 12.2. The normalized spacial score (nSPS) is 10.8. The molecular weight excluding hydrogens is 223 g/mol. The van der Waals surface area contributed by atoms with E-state index in [1.54, 1.807) is 0 Å². The van der Waals surface area contributed by atoms with Gasteiger partial charge in [0.2, 0.25) is 0 Å². The van der Waals surface area contributed by atoms with E-state index in [1.165, 1.54) is 0 Å². The van der Waals surface area contributed by atoms with Crippen molar-refractivity contribution in [3.05, 3.63) is 22.5 Å². The summed E-state index contributed by atoms with van der Waals surface area (Å²) in [6.45, 7) is 0. The number of aromatic hydroxyl groups is 1. The van der Waals surface area contributed by atoms with Gasteiger partial charge in [-0.2, -0.15) is 0 Å². The molecule has 0 aliphatic rings. The van der Waals surface area contributed by atoms with Crippen LogP contribution in [-0.2, 0) is 5.88 Å². The molecule has 1 heterocycles. The lowest BCUT2D eigenvalue weighted by molar-refractivity contribution is 0.147. The largest absolute Gasteiger partial charge is 0.505 e. The van der Waals surface area contributed by atoms with Gasteiger partial charge in [-0.25, -0.2) is 13.8 Å². The molecular formula is C7H5Cl2F2NO. The smallest absolute Gasteiger partial charge is 0.267 e.